The zero-order valence-corrected chi connectivity index (χ0v) is 15.0. The van der Waals surface area contributed by atoms with Crippen LogP contribution in [0.4, 0.5) is 0 Å². The van der Waals surface area contributed by atoms with E-state index in [1.54, 1.807) is 0 Å². The highest BCUT2D eigenvalue weighted by molar-refractivity contribution is 7.89. The van der Waals surface area contributed by atoms with Crippen molar-refractivity contribution in [3.63, 3.8) is 0 Å². The maximum atomic E-state index is 12.7. The molecule has 0 saturated carbocycles. The molecule has 2 N–H and O–H groups in total. The van der Waals surface area contributed by atoms with Crippen LogP contribution in [-0.4, -0.2) is 28.0 Å². The standard InChI is InChI=1S/C17H17ClN2O4S/c1-19-25(22,23)11-6-7-14(18)13(10-11)17(21)20-15-8-9-24-16-5-3-2-4-12(15)16/h2-7,10,15,19H,8-9H2,1H3,(H,20,21)/t15-/m1/s1. The number of carbonyl (C=O) groups is 1. The normalized spacial score (nSPS) is 16.6. The Labute approximate surface area is 151 Å². The van der Waals surface area contributed by atoms with Gasteiger partial charge in [-0.05, 0) is 31.3 Å². The van der Waals surface area contributed by atoms with Crippen LogP contribution in [0.15, 0.2) is 47.4 Å². The molecule has 0 saturated heterocycles. The number of sulfonamides is 1. The number of nitrogens with one attached hydrogen (secondary N) is 2. The molecule has 2 aromatic rings. The Morgan fingerprint density at radius 1 is 1.24 bits per heavy atom. The van der Waals surface area contributed by atoms with E-state index in [-0.39, 0.29) is 21.5 Å². The van der Waals surface area contributed by atoms with Crippen molar-refractivity contribution in [1.82, 2.24) is 10.0 Å². The number of ether oxygens (including phenoxy) is 1. The van der Waals surface area contributed by atoms with E-state index in [2.05, 4.69) is 10.0 Å². The lowest BCUT2D eigenvalue weighted by Gasteiger charge is -2.26. The summed E-state index contributed by atoms with van der Waals surface area (Å²) < 4.78 is 31.7. The average molecular weight is 381 g/mol. The number of carbonyl (C=O) groups excluding carboxylic acids is 1. The zero-order valence-electron chi connectivity index (χ0n) is 13.5. The third kappa shape index (κ3) is 3.63. The van der Waals surface area contributed by atoms with E-state index in [9.17, 15) is 13.2 Å². The van der Waals surface area contributed by atoms with Gasteiger partial charge in [-0.1, -0.05) is 29.8 Å². The van der Waals surface area contributed by atoms with Crippen molar-refractivity contribution in [3.05, 3.63) is 58.6 Å². The van der Waals surface area contributed by atoms with E-state index < -0.39 is 15.9 Å². The lowest BCUT2D eigenvalue weighted by atomic mass is 10.00. The molecule has 0 aliphatic carbocycles. The summed E-state index contributed by atoms with van der Waals surface area (Å²) in [6.07, 6.45) is 0.620. The number of halogens is 1. The Morgan fingerprint density at radius 2 is 2.00 bits per heavy atom. The summed E-state index contributed by atoms with van der Waals surface area (Å²) >= 11 is 6.10. The molecule has 0 unspecified atom stereocenters. The molecule has 1 atom stereocenters. The average Bonchev–Trinajstić information content (AvgIpc) is 2.62. The molecule has 3 rings (SSSR count). The molecular weight excluding hydrogens is 364 g/mol. The number of fused-ring (bicyclic) bond motifs is 1. The number of hydrogen-bond acceptors (Lipinski definition) is 4. The molecule has 0 radical (unpaired) electrons. The molecule has 132 valence electrons. The number of para-hydroxylation sites is 1. The number of rotatable bonds is 4. The maximum absolute atomic E-state index is 12.7. The fourth-order valence-electron chi connectivity index (χ4n) is 2.69. The molecule has 0 spiro atoms. The van der Waals surface area contributed by atoms with E-state index in [4.69, 9.17) is 16.3 Å². The van der Waals surface area contributed by atoms with Crippen LogP contribution in [0.3, 0.4) is 0 Å². The van der Waals surface area contributed by atoms with Gasteiger partial charge in [0.25, 0.3) is 5.91 Å². The highest BCUT2D eigenvalue weighted by Crippen LogP contribution is 2.32. The van der Waals surface area contributed by atoms with Gasteiger partial charge in [0.05, 0.1) is 28.1 Å². The maximum Gasteiger partial charge on any atom is 0.253 e. The van der Waals surface area contributed by atoms with Gasteiger partial charge in [-0.3, -0.25) is 4.79 Å². The summed E-state index contributed by atoms with van der Waals surface area (Å²) in [7, 11) is -2.35. The van der Waals surface area contributed by atoms with Crippen molar-refractivity contribution < 1.29 is 17.9 Å². The fraction of sp³-hybridized carbons (Fsp3) is 0.235. The first-order valence-corrected chi connectivity index (χ1v) is 9.54. The van der Waals surface area contributed by atoms with Gasteiger partial charge in [-0.15, -0.1) is 0 Å². The SMILES string of the molecule is CNS(=O)(=O)c1ccc(Cl)c(C(=O)N[C@@H]2CCOc3ccccc32)c1. The Hall–Kier alpha value is -2.09. The van der Waals surface area contributed by atoms with Crippen LogP contribution in [0.2, 0.25) is 5.02 Å². The second-order valence-corrected chi connectivity index (χ2v) is 7.84. The minimum Gasteiger partial charge on any atom is -0.493 e. The smallest absolute Gasteiger partial charge is 0.253 e. The van der Waals surface area contributed by atoms with Crippen molar-refractivity contribution in [3.8, 4) is 5.75 Å². The van der Waals surface area contributed by atoms with Crippen molar-refractivity contribution in [2.24, 2.45) is 0 Å². The molecule has 0 aromatic heterocycles. The highest BCUT2D eigenvalue weighted by Gasteiger charge is 2.24. The number of hydrogen-bond donors (Lipinski definition) is 2. The summed E-state index contributed by atoms with van der Waals surface area (Å²) in [4.78, 5) is 12.6. The molecule has 1 aliphatic heterocycles. The summed E-state index contributed by atoms with van der Waals surface area (Å²) in [5, 5.41) is 3.10. The quantitative estimate of drug-likeness (QED) is 0.853. The van der Waals surface area contributed by atoms with Gasteiger partial charge >= 0.3 is 0 Å². The van der Waals surface area contributed by atoms with Crippen LogP contribution in [0.5, 0.6) is 5.75 Å². The Kier molecular flexibility index (Phi) is 4.99. The topological polar surface area (TPSA) is 84.5 Å². The number of amides is 1. The van der Waals surface area contributed by atoms with Crippen LogP contribution in [0.1, 0.15) is 28.4 Å². The first-order valence-electron chi connectivity index (χ1n) is 7.68. The number of benzene rings is 2. The minimum atomic E-state index is -3.66. The summed E-state index contributed by atoms with van der Waals surface area (Å²) in [5.74, 6) is 0.302. The first kappa shape index (κ1) is 17.7. The van der Waals surface area contributed by atoms with E-state index in [0.29, 0.717) is 13.0 Å². The lowest BCUT2D eigenvalue weighted by Crippen LogP contribution is -2.32. The second-order valence-electron chi connectivity index (χ2n) is 5.55. The van der Waals surface area contributed by atoms with E-state index in [0.717, 1.165) is 11.3 Å². The van der Waals surface area contributed by atoms with Gasteiger partial charge in [-0.2, -0.15) is 0 Å². The Morgan fingerprint density at radius 3 is 2.76 bits per heavy atom. The molecule has 8 heteroatoms. The summed E-state index contributed by atoms with van der Waals surface area (Å²) in [5.41, 5.74) is 0.999. The third-order valence-electron chi connectivity index (χ3n) is 4.03. The van der Waals surface area contributed by atoms with E-state index in [1.165, 1.54) is 25.2 Å². The molecule has 0 bridgehead atoms. The molecular formula is C17H17ClN2O4S. The molecule has 6 nitrogen and oxygen atoms in total. The Balaban J connectivity index is 1.89. The van der Waals surface area contributed by atoms with Crippen molar-refractivity contribution in [2.75, 3.05) is 13.7 Å². The van der Waals surface area contributed by atoms with Gasteiger partial charge in [0.1, 0.15) is 5.75 Å². The predicted octanol–water partition coefficient (Wildman–Crippen LogP) is 2.50. The molecule has 2 aromatic carbocycles. The van der Waals surface area contributed by atoms with Gasteiger partial charge in [0.2, 0.25) is 10.0 Å². The van der Waals surface area contributed by atoms with Crippen molar-refractivity contribution >= 4 is 27.5 Å². The molecule has 25 heavy (non-hydrogen) atoms. The van der Waals surface area contributed by atoms with Crippen LogP contribution < -0.4 is 14.8 Å². The van der Waals surface area contributed by atoms with Gasteiger partial charge < -0.3 is 10.1 Å². The monoisotopic (exact) mass is 380 g/mol. The minimum absolute atomic E-state index is 0.0167. The van der Waals surface area contributed by atoms with Crippen molar-refractivity contribution in [1.29, 1.82) is 0 Å². The van der Waals surface area contributed by atoms with Crippen molar-refractivity contribution in [2.45, 2.75) is 17.4 Å². The van der Waals surface area contributed by atoms with Gasteiger partial charge in [0.15, 0.2) is 0 Å². The highest BCUT2D eigenvalue weighted by atomic mass is 35.5. The van der Waals surface area contributed by atoms with Crippen LogP contribution in [0.25, 0.3) is 0 Å². The van der Waals surface area contributed by atoms with Crippen LogP contribution in [-0.2, 0) is 10.0 Å². The molecule has 1 heterocycles. The van der Waals surface area contributed by atoms with Crippen LogP contribution >= 0.6 is 11.6 Å². The fourth-order valence-corrected chi connectivity index (χ4v) is 3.65. The second kappa shape index (κ2) is 7.03. The summed E-state index contributed by atoms with van der Waals surface area (Å²) in [6, 6.07) is 11.3. The Bertz CT molecular complexity index is 915. The molecule has 1 amide bonds. The van der Waals surface area contributed by atoms with Gasteiger partial charge in [-0.25, -0.2) is 13.1 Å². The van der Waals surface area contributed by atoms with Gasteiger partial charge in [0, 0.05) is 12.0 Å². The summed E-state index contributed by atoms with van der Waals surface area (Å²) in [6.45, 7) is 0.490. The molecule has 0 fully saturated rings. The van der Waals surface area contributed by atoms with E-state index in [1.807, 2.05) is 24.3 Å². The van der Waals surface area contributed by atoms with E-state index >= 15 is 0 Å². The largest absolute Gasteiger partial charge is 0.493 e. The molecule has 1 aliphatic rings. The lowest BCUT2D eigenvalue weighted by molar-refractivity contribution is 0.0924. The third-order valence-corrected chi connectivity index (χ3v) is 5.77. The van der Waals surface area contributed by atoms with Crippen LogP contribution in [0, 0.1) is 0 Å². The zero-order chi connectivity index (χ0) is 18.0. The first-order chi connectivity index (χ1) is 11.9. The predicted molar refractivity (Wildman–Crippen MR) is 94.5 cm³/mol.